The van der Waals surface area contributed by atoms with E-state index < -0.39 is 12.0 Å². The molecule has 2 aliphatic heterocycles. The van der Waals surface area contributed by atoms with Gasteiger partial charge in [-0.25, -0.2) is 4.39 Å². The summed E-state index contributed by atoms with van der Waals surface area (Å²) in [6.45, 7) is -0.0275. The number of amides is 3. The van der Waals surface area contributed by atoms with Gasteiger partial charge in [-0.3, -0.25) is 24.2 Å². The Bertz CT molecular complexity index is 1580. The van der Waals surface area contributed by atoms with Gasteiger partial charge in [0.1, 0.15) is 17.7 Å². The molecule has 2 aliphatic rings. The second-order valence-electron chi connectivity index (χ2n) is 9.03. The van der Waals surface area contributed by atoms with Crippen LogP contribution in [-0.2, 0) is 6.54 Å². The maximum Gasteiger partial charge on any atom is 0.262 e. The maximum atomic E-state index is 15.0. The molecule has 1 unspecified atom stereocenters. The summed E-state index contributed by atoms with van der Waals surface area (Å²) in [5.41, 5.74) is 3.08. The Hall–Kier alpha value is -4.98. The molecule has 1 N–H and O–H groups in total. The lowest BCUT2D eigenvalue weighted by atomic mass is 10.00. The number of hydrogen-bond acceptors (Lipinski definition) is 5. The molecule has 188 valence electrons. The van der Waals surface area contributed by atoms with Crippen LogP contribution in [0.3, 0.4) is 0 Å². The van der Waals surface area contributed by atoms with E-state index in [0.717, 1.165) is 0 Å². The first kappa shape index (κ1) is 23.4. The second-order valence-corrected chi connectivity index (χ2v) is 9.03. The average molecular weight is 508 g/mol. The van der Waals surface area contributed by atoms with Crippen LogP contribution in [0, 0.1) is 5.82 Å². The monoisotopic (exact) mass is 507 g/mol. The van der Waals surface area contributed by atoms with Crippen LogP contribution >= 0.6 is 0 Å². The van der Waals surface area contributed by atoms with Crippen molar-refractivity contribution in [2.75, 3.05) is 17.3 Å². The zero-order chi connectivity index (χ0) is 26.4. The Labute approximate surface area is 218 Å². The highest BCUT2D eigenvalue weighted by atomic mass is 19.1. The lowest BCUT2D eigenvalue weighted by molar-refractivity contribution is 0.0641. The van der Waals surface area contributed by atoms with Crippen LogP contribution in [-0.4, -0.2) is 29.7 Å². The van der Waals surface area contributed by atoms with E-state index in [2.05, 4.69) is 5.32 Å². The number of nitrogens with zero attached hydrogens (tertiary/aromatic N) is 2. The van der Waals surface area contributed by atoms with Gasteiger partial charge >= 0.3 is 0 Å². The summed E-state index contributed by atoms with van der Waals surface area (Å²) < 4.78 is 20.5. The summed E-state index contributed by atoms with van der Waals surface area (Å²) in [5, 5.41) is 3.36. The quantitative estimate of drug-likeness (QED) is 0.366. The predicted molar refractivity (Wildman–Crippen MR) is 140 cm³/mol. The van der Waals surface area contributed by atoms with Gasteiger partial charge in [0.15, 0.2) is 0 Å². The topological polar surface area (TPSA) is 79.0 Å². The van der Waals surface area contributed by atoms with Gasteiger partial charge in [0.2, 0.25) is 0 Å². The number of fused-ring (bicyclic) bond motifs is 2. The molecule has 7 nitrogen and oxygen atoms in total. The van der Waals surface area contributed by atoms with Crippen molar-refractivity contribution in [2.45, 2.75) is 12.7 Å². The van der Waals surface area contributed by atoms with E-state index in [0.29, 0.717) is 39.3 Å². The summed E-state index contributed by atoms with van der Waals surface area (Å²) in [6.07, 6.45) is -0.763. The minimum absolute atomic E-state index is 0.0275. The van der Waals surface area contributed by atoms with E-state index in [1.54, 1.807) is 78.9 Å². The fourth-order valence-electron chi connectivity index (χ4n) is 5.03. The van der Waals surface area contributed by atoms with E-state index >= 15 is 0 Å². The van der Waals surface area contributed by atoms with E-state index in [4.69, 9.17) is 4.74 Å². The minimum atomic E-state index is -0.763. The molecule has 0 radical (unpaired) electrons. The molecule has 0 bridgehead atoms. The van der Waals surface area contributed by atoms with Gasteiger partial charge in [-0.05, 0) is 54.1 Å². The maximum absolute atomic E-state index is 15.0. The summed E-state index contributed by atoms with van der Waals surface area (Å²) in [5.74, 6) is -1.18. The third kappa shape index (κ3) is 3.69. The number of carbonyl (C=O) groups excluding carboxylic acids is 3. The number of imide groups is 1. The summed E-state index contributed by atoms with van der Waals surface area (Å²) in [4.78, 5) is 42.2. The number of anilines is 2. The van der Waals surface area contributed by atoms with Crippen molar-refractivity contribution in [3.8, 4) is 5.75 Å². The van der Waals surface area contributed by atoms with Gasteiger partial charge in [0.25, 0.3) is 17.7 Å². The Kier molecular flexibility index (Phi) is 5.64. The number of hydrogen-bond donors (Lipinski definition) is 1. The first-order chi connectivity index (χ1) is 18.5. The van der Waals surface area contributed by atoms with Gasteiger partial charge in [-0.2, -0.15) is 0 Å². The molecule has 0 saturated carbocycles. The van der Waals surface area contributed by atoms with Crippen molar-refractivity contribution >= 4 is 29.1 Å². The number of methoxy groups -OCH3 is 1. The summed E-state index contributed by atoms with van der Waals surface area (Å²) >= 11 is 0. The smallest absolute Gasteiger partial charge is 0.262 e. The molecular formula is C30H22FN3O4. The van der Waals surface area contributed by atoms with Crippen molar-refractivity contribution in [2.24, 2.45) is 0 Å². The molecule has 6 rings (SSSR count). The third-order valence-corrected chi connectivity index (χ3v) is 6.87. The zero-order valence-corrected chi connectivity index (χ0v) is 20.4. The molecular weight excluding hydrogens is 485 g/mol. The lowest BCUT2D eigenvalue weighted by Gasteiger charge is -2.38. The Balaban J connectivity index is 1.42. The number of benzene rings is 4. The number of carbonyl (C=O) groups is 3. The number of halogens is 1. The highest BCUT2D eigenvalue weighted by molar-refractivity contribution is 6.21. The van der Waals surface area contributed by atoms with Crippen LogP contribution in [0.15, 0.2) is 91.0 Å². The molecule has 0 fully saturated rings. The van der Waals surface area contributed by atoms with E-state index in [1.165, 1.54) is 23.0 Å². The van der Waals surface area contributed by atoms with Crippen LogP contribution in [0.2, 0.25) is 0 Å². The molecule has 0 aromatic heterocycles. The highest BCUT2D eigenvalue weighted by Gasteiger charge is 2.37. The van der Waals surface area contributed by atoms with Gasteiger partial charge in [0, 0.05) is 11.3 Å². The van der Waals surface area contributed by atoms with Gasteiger partial charge in [0.05, 0.1) is 36.0 Å². The summed E-state index contributed by atoms with van der Waals surface area (Å²) in [6, 6.07) is 25.1. The largest absolute Gasteiger partial charge is 0.496 e. The SMILES string of the molecule is COc1ccc(C2Nc3ccccc3C(=O)N2c2ccccc2F)cc1CN1C(=O)c2ccccc2C1=O. The third-order valence-electron chi connectivity index (χ3n) is 6.87. The number of para-hydroxylation sites is 2. The van der Waals surface area contributed by atoms with E-state index in [9.17, 15) is 18.8 Å². The van der Waals surface area contributed by atoms with Crippen LogP contribution in [0.4, 0.5) is 15.8 Å². The number of nitrogens with one attached hydrogen (secondary N) is 1. The van der Waals surface area contributed by atoms with Gasteiger partial charge in [-0.1, -0.05) is 42.5 Å². The standard InChI is InChI=1S/C30H22FN3O4/c1-38-26-15-14-18(16-19(26)17-33-28(35)20-8-2-3-9-21(20)29(33)36)27-32-24-12-6-4-10-22(24)30(37)34(27)25-13-7-5-11-23(25)31/h2-16,27,32H,17H2,1H3. The average Bonchev–Trinajstić information content (AvgIpc) is 3.18. The van der Waals surface area contributed by atoms with Crippen molar-refractivity contribution < 1.29 is 23.5 Å². The van der Waals surface area contributed by atoms with Crippen molar-refractivity contribution in [3.05, 3.63) is 125 Å². The van der Waals surface area contributed by atoms with Crippen molar-refractivity contribution in [1.82, 2.24) is 4.90 Å². The zero-order valence-electron chi connectivity index (χ0n) is 20.4. The normalized spacial score (nSPS) is 16.3. The second kappa shape index (κ2) is 9.15. The molecule has 8 heteroatoms. The Morgan fingerprint density at radius 2 is 1.42 bits per heavy atom. The predicted octanol–water partition coefficient (Wildman–Crippen LogP) is 5.40. The molecule has 1 atom stereocenters. The Morgan fingerprint density at radius 3 is 2.11 bits per heavy atom. The van der Waals surface area contributed by atoms with E-state index in [1.807, 2.05) is 6.07 Å². The molecule has 0 saturated heterocycles. The number of rotatable bonds is 5. The first-order valence-electron chi connectivity index (χ1n) is 12.0. The lowest BCUT2D eigenvalue weighted by Crippen LogP contribution is -2.43. The highest BCUT2D eigenvalue weighted by Crippen LogP contribution is 2.39. The van der Waals surface area contributed by atoms with Crippen molar-refractivity contribution in [1.29, 1.82) is 0 Å². The van der Waals surface area contributed by atoms with Crippen LogP contribution < -0.4 is 15.0 Å². The van der Waals surface area contributed by atoms with E-state index in [-0.39, 0.29) is 30.0 Å². The van der Waals surface area contributed by atoms with Crippen molar-refractivity contribution in [3.63, 3.8) is 0 Å². The fourth-order valence-corrected chi connectivity index (χ4v) is 5.03. The minimum Gasteiger partial charge on any atom is -0.496 e. The molecule has 0 aliphatic carbocycles. The van der Waals surface area contributed by atoms with Gasteiger partial charge < -0.3 is 10.1 Å². The molecule has 2 heterocycles. The van der Waals surface area contributed by atoms with Crippen LogP contribution in [0.1, 0.15) is 48.4 Å². The molecule has 3 amide bonds. The molecule has 4 aromatic carbocycles. The molecule has 38 heavy (non-hydrogen) atoms. The Morgan fingerprint density at radius 1 is 0.789 bits per heavy atom. The molecule has 0 spiro atoms. The summed E-state index contributed by atoms with van der Waals surface area (Å²) in [7, 11) is 1.51. The number of ether oxygens (including phenoxy) is 1. The van der Waals surface area contributed by atoms with Crippen LogP contribution in [0.25, 0.3) is 0 Å². The first-order valence-corrected chi connectivity index (χ1v) is 12.0. The van der Waals surface area contributed by atoms with Crippen LogP contribution in [0.5, 0.6) is 5.75 Å². The fraction of sp³-hybridized carbons (Fsp3) is 0.100. The van der Waals surface area contributed by atoms with Gasteiger partial charge in [-0.15, -0.1) is 0 Å². The molecule has 4 aromatic rings.